The molecule has 1 aromatic rings. The van der Waals surface area contributed by atoms with Crippen molar-refractivity contribution >= 4 is 6.08 Å². The Labute approximate surface area is 145 Å². The van der Waals surface area contributed by atoms with Crippen LogP contribution in [0.15, 0.2) is 35.9 Å². The second kappa shape index (κ2) is 6.99. The molecule has 3 fully saturated rings. The Kier molecular flexibility index (Phi) is 4.75. The highest BCUT2D eigenvalue weighted by Crippen LogP contribution is 2.42. The van der Waals surface area contributed by atoms with Gasteiger partial charge in [-0.2, -0.15) is 0 Å². The Bertz CT molecular complexity index is 567. The lowest BCUT2D eigenvalue weighted by Gasteiger charge is -2.35. The number of hydrogen-bond acceptors (Lipinski definition) is 3. The summed E-state index contributed by atoms with van der Waals surface area (Å²) < 4.78 is 11.7. The summed E-state index contributed by atoms with van der Waals surface area (Å²) in [4.78, 5) is 0. The van der Waals surface area contributed by atoms with Gasteiger partial charge in [0.05, 0.1) is 13.2 Å². The maximum absolute atomic E-state index is 5.83. The molecule has 2 saturated carbocycles. The smallest absolute Gasteiger partial charge is 0.168 e. The van der Waals surface area contributed by atoms with Gasteiger partial charge in [-0.3, -0.25) is 0 Å². The third-order valence-corrected chi connectivity index (χ3v) is 5.84. The summed E-state index contributed by atoms with van der Waals surface area (Å²) in [6, 6.07) is 12.0. The van der Waals surface area contributed by atoms with Gasteiger partial charge in [0.25, 0.3) is 0 Å². The van der Waals surface area contributed by atoms with Gasteiger partial charge in [-0.1, -0.05) is 48.9 Å². The molecule has 2 unspecified atom stereocenters. The van der Waals surface area contributed by atoms with Gasteiger partial charge in [0.15, 0.2) is 5.79 Å². The van der Waals surface area contributed by atoms with Crippen LogP contribution in [0, 0.1) is 5.92 Å². The molecule has 24 heavy (non-hydrogen) atoms. The summed E-state index contributed by atoms with van der Waals surface area (Å²) in [6.07, 6.45) is 9.27. The van der Waals surface area contributed by atoms with E-state index < -0.39 is 0 Å². The molecule has 3 heteroatoms. The minimum absolute atomic E-state index is 0.233. The summed E-state index contributed by atoms with van der Waals surface area (Å²) in [5.41, 5.74) is 2.92. The van der Waals surface area contributed by atoms with Gasteiger partial charge in [-0.05, 0) is 37.2 Å². The van der Waals surface area contributed by atoms with Crippen LogP contribution in [-0.4, -0.2) is 31.1 Å². The number of ether oxygens (including phenoxy) is 2. The molecule has 0 amide bonds. The Morgan fingerprint density at radius 1 is 1.17 bits per heavy atom. The number of benzene rings is 1. The van der Waals surface area contributed by atoms with Crippen LogP contribution in [-0.2, 0) is 9.47 Å². The highest BCUT2D eigenvalue weighted by Gasteiger charge is 2.44. The molecular weight excluding hydrogens is 298 g/mol. The van der Waals surface area contributed by atoms with Crippen LogP contribution in [0.5, 0.6) is 0 Å². The quantitative estimate of drug-likeness (QED) is 0.881. The van der Waals surface area contributed by atoms with Crippen molar-refractivity contribution in [2.45, 2.75) is 63.3 Å². The number of nitrogens with one attached hydrogen (secondary N) is 1. The van der Waals surface area contributed by atoms with E-state index in [4.69, 9.17) is 9.47 Å². The van der Waals surface area contributed by atoms with Crippen molar-refractivity contribution in [3.63, 3.8) is 0 Å². The standard InChI is InChI=1S/C21H29NO2/c1-2-17(14-16-6-4-3-5-7-16)19-15-20(19)22-18-8-10-21(11-9-18)23-12-13-24-21/h3-7,14,18-20,22H,2,8-13,15H2,1H3. The SMILES string of the molecule is CCC(=Cc1ccccc1)C1CC1NC1CCC2(CC1)OCCO2. The third kappa shape index (κ3) is 3.58. The summed E-state index contributed by atoms with van der Waals surface area (Å²) in [6.45, 7) is 3.82. The molecular formula is C21H29NO2. The van der Waals surface area contributed by atoms with Crippen LogP contribution in [0.25, 0.3) is 6.08 Å². The lowest BCUT2D eigenvalue weighted by Crippen LogP contribution is -2.43. The van der Waals surface area contributed by atoms with Gasteiger partial charge >= 0.3 is 0 Å². The Morgan fingerprint density at radius 2 is 1.88 bits per heavy atom. The normalized spacial score (nSPS) is 30.0. The zero-order valence-electron chi connectivity index (χ0n) is 14.7. The van der Waals surface area contributed by atoms with Crippen LogP contribution in [0.4, 0.5) is 0 Å². The Balaban J connectivity index is 1.29. The van der Waals surface area contributed by atoms with E-state index in [0.29, 0.717) is 12.1 Å². The second-order valence-corrected chi connectivity index (χ2v) is 7.48. The van der Waals surface area contributed by atoms with Crippen molar-refractivity contribution in [2.24, 2.45) is 5.92 Å². The fraction of sp³-hybridized carbons (Fsp3) is 0.619. The van der Waals surface area contributed by atoms with Crippen LogP contribution >= 0.6 is 0 Å². The largest absolute Gasteiger partial charge is 0.348 e. The highest BCUT2D eigenvalue weighted by atomic mass is 16.7. The minimum Gasteiger partial charge on any atom is -0.348 e. The molecule has 2 atom stereocenters. The predicted molar refractivity (Wildman–Crippen MR) is 96.6 cm³/mol. The molecule has 3 aliphatic rings. The lowest BCUT2D eigenvalue weighted by molar-refractivity contribution is -0.179. The molecule has 0 radical (unpaired) electrons. The molecule has 1 N–H and O–H groups in total. The Morgan fingerprint density at radius 3 is 2.54 bits per heavy atom. The average Bonchev–Trinajstić information content (AvgIpc) is 3.24. The summed E-state index contributed by atoms with van der Waals surface area (Å²) >= 11 is 0. The highest BCUT2D eigenvalue weighted by molar-refractivity contribution is 5.54. The molecule has 1 saturated heterocycles. The lowest BCUT2D eigenvalue weighted by atomic mass is 9.90. The van der Waals surface area contributed by atoms with Gasteiger partial charge in [0, 0.05) is 24.9 Å². The van der Waals surface area contributed by atoms with Gasteiger partial charge < -0.3 is 14.8 Å². The predicted octanol–water partition coefficient (Wildman–Crippen LogP) is 4.14. The van der Waals surface area contributed by atoms with Gasteiger partial charge in [-0.25, -0.2) is 0 Å². The zero-order chi connectivity index (χ0) is 16.4. The zero-order valence-corrected chi connectivity index (χ0v) is 14.7. The molecule has 1 aliphatic heterocycles. The van der Waals surface area contributed by atoms with Crippen molar-refractivity contribution in [3.8, 4) is 0 Å². The maximum atomic E-state index is 5.83. The van der Waals surface area contributed by atoms with Crippen LogP contribution in [0.3, 0.4) is 0 Å². The summed E-state index contributed by atoms with van der Waals surface area (Å²) in [5, 5.41) is 3.90. The monoisotopic (exact) mass is 327 g/mol. The van der Waals surface area contributed by atoms with Crippen LogP contribution in [0.2, 0.25) is 0 Å². The first-order chi connectivity index (χ1) is 11.8. The molecule has 1 aromatic carbocycles. The van der Waals surface area contributed by atoms with E-state index >= 15 is 0 Å². The van der Waals surface area contributed by atoms with Crippen molar-refractivity contribution < 1.29 is 9.47 Å². The van der Waals surface area contributed by atoms with Crippen molar-refractivity contribution in [1.29, 1.82) is 0 Å². The van der Waals surface area contributed by atoms with Crippen molar-refractivity contribution in [1.82, 2.24) is 5.32 Å². The van der Waals surface area contributed by atoms with Gasteiger partial charge in [0.1, 0.15) is 0 Å². The van der Waals surface area contributed by atoms with Crippen LogP contribution < -0.4 is 5.32 Å². The van der Waals surface area contributed by atoms with E-state index in [1.807, 2.05) is 0 Å². The van der Waals surface area contributed by atoms with E-state index in [-0.39, 0.29) is 5.79 Å². The molecule has 2 aliphatic carbocycles. The summed E-state index contributed by atoms with van der Waals surface area (Å²) in [7, 11) is 0. The van der Waals surface area contributed by atoms with E-state index in [2.05, 4.69) is 48.6 Å². The fourth-order valence-electron chi connectivity index (χ4n) is 4.34. The first-order valence-electron chi connectivity index (χ1n) is 9.57. The molecule has 1 heterocycles. The second-order valence-electron chi connectivity index (χ2n) is 7.48. The third-order valence-electron chi connectivity index (χ3n) is 5.84. The van der Waals surface area contributed by atoms with E-state index in [0.717, 1.165) is 38.4 Å². The number of rotatable bonds is 5. The van der Waals surface area contributed by atoms with E-state index in [9.17, 15) is 0 Å². The average molecular weight is 327 g/mol. The molecule has 3 nitrogen and oxygen atoms in total. The Hall–Kier alpha value is -1.16. The molecule has 130 valence electrons. The first-order valence-corrected chi connectivity index (χ1v) is 9.57. The van der Waals surface area contributed by atoms with Crippen molar-refractivity contribution in [2.75, 3.05) is 13.2 Å². The first kappa shape index (κ1) is 16.3. The topological polar surface area (TPSA) is 30.5 Å². The van der Waals surface area contributed by atoms with Crippen molar-refractivity contribution in [3.05, 3.63) is 41.5 Å². The maximum Gasteiger partial charge on any atom is 0.168 e. The molecule has 0 aromatic heterocycles. The summed E-state index contributed by atoms with van der Waals surface area (Å²) in [5.74, 6) is 0.494. The fourth-order valence-corrected chi connectivity index (χ4v) is 4.34. The molecule has 0 bridgehead atoms. The van der Waals surface area contributed by atoms with Gasteiger partial charge in [-0.15, -0.1) is 0 Å². The van der Waals surface area contributed by atoms with E-state index in [1.54, 1.807) is 5.57 Å². The molecule has 4 rings (SSSR count). The van der Waals surface area contributed by atoms with Crippen LogP contribution in [0.1, 0.15) is 51.0 Å². The minimum atomic E-state index is -0.233. The molecule has 1 spiro atoms. The van der Waals surface area contributed by atoms with E-state index in [1.165, 1.54) is 24.8 Å². The number of hydrogen-bond donors (Lipinski definition) is 1. The van der Waals surface area contributed by atoms with Gasteiger partial charge in [0.2, 0.25) is 0 Å².